The Morgan fingerprint density at radius 2 is 1.88 bits per heavy atom. The van der Waals surface area contributed by atoms with E-state index in [2.05, 4.69) is 53.9 Å². The van der Waals surface area contributed by atoms with Crippen LogP contribution >= 0.6 is 0 Å². The van der Waals surface area contributed by atoms with Gasteiger partial charge in [-0.2, -0.15) is 5.26 Å². The highest BCUT2D eigenvalue weighted by Crippen LogP contribution is 2.37. The number of methoxy groups -OCH3 is 1. The molecule has 5 heterocycles. The number of aliphatic imine (C=N–C) groups is 1. The van der Waals surface area contributed by atoms with Crippen molar-refractivity contribution in [2.24, 2.45) is 4.99 Å². The Bertz CT molecular complexity index is 1220. The van der Waals surface area contributed by atoms with Crippen molar-refractivity contribution in [2.75, 3.05) is 43.5 Å². The fourth-order valence-electron chi connectivity index (χ4n) is 4.12. The lowest BCUT2D eigenvalue weighted by atomic mass is 9.96. The first-order valence-corrected chi connectivity index (χ1v) is 10.8. The van der Waals surface area contributed by atoms with E-state index in [0.29, 0.717) is 23.1 Å². The second kappa shape index (κ2) is 9.14. The molecule has 0 spiro atoms. The molecule has 1 saturated heterocycles. The predicted molar refractivity (Wildman–Crippen MR) is 127 cm³/mol. The normalized spacial score (nSPS) is 17.7. The second-order valence-electron chi connectivity index (χ2n) is 7.78. The maximum absolute atomic E-state index is 9.14. The minimum absolute atomic E-state index is 0.542. The number of aromatic nitrogens is 2. The molecule has 1 fully saturated rings. The van der Waals surface area contributed by atoms with E-state index >= 15 is 0 Å². The zero-order valence-corrected chi connectivity index (χ0v) is 18.3. The number of anilines is 3. The van der Waals surface area contributed by atoms with Crippen molar-refractivity contribution in [1.29, 1.82) is 5.26 Å². The van der Waals surface area contributed by atoms with Gasteiger partial charge in [0.2, 0.25) is 5.88 Å². The maximum atomic E-state index is 9.14. The van der Waals surface area contributed by atoms with Gasteiger partial charge in [0.15, 0.2) is 0 Å². The lowest BCUT2D eigenvalue weighted by molar-refractivity contribution is 0.271. The summed E-state index contributed by atoms with van der Waals surface area (Å²) in [4.78, 5) is 17.7. The molecule has 9 nitrogen and oxygen atoms in total. The van der Waals surface area contributed by atoms with Gasteiger partial charge in [0, 0.05) is 69.7 Å². The van der Waals surface area contributed by atoms with Crippen LogP contribution in [0.5, 0.6) is 0 Å². The van der Waals surface area contributed by atoms with Gasteiger partial charge < -0.3 is 25.2 Å². The lowest BCUT2D eigenvalue weighted by Gasteiger charge is -2.37. The van der Waals surface area contributed by atoms with Crippen LogP contribution in [0.25, 0.3) is 0 Å². The molecule has 33 heavy (non-hydrogen) atoms. The molecule has 3 aliphatic rings. The summed E-state index contributed by atoms with van der Waals surface area (Å²) in [6.07, 6.45) is 10.3. The van der Waals surface area contributed by atoms with E-state index < -0.39 is 0 Å². The molecule has 0 radical (unpaired) electrons. The molecule has 9 heteroatoms. The quantitative estimate of drug-likeness (QED) is 0.732. The summed E-state index contributed by atoms with van der Waals surface area (Å²) in [6, 6.07) is 9.43. The van der Waals surface area contributed by atoms with E-state index in [4.69, 9.17) is 10.00 Å². The first kappa shape index (κ1) is 20.7. The molecular formula is C24H24N8O. The van der Waals surface area contributed by atoms with Crippen molar-refractivity contribution >= 4 is 23.5 Å². The van der Waals surface area contributed by atoms with Crippen molar-refractivity contribution in [2.45, 2.75) is 6.42 Å². The molecule has 0 bridgehead atoms. The number of nitrogens with zero attached hydrogens (tertiary/aromatic N) is 6. The van der Waals surface area contributed by atoms with E-state index in [-0.39, 0.29) is 0 Å². The first-order valence-electron chi connectivity index (χ1n) is 10.8. The number of hydrogen-bond donors (Lipinski definition) is 2. The van der Waals surface area contributed by atoms with Gasteiger partial charge >= 0.3 is 0 Å². The Hall–Kier alpha value is -4.16. The maximum Gasteiger partial charge on any atom is 0.222 e. The van der Waals surface area contributed by atoms with Crippen LogP contribution in [-0.4, -0.2) is 54.4 Å². The Morgan fingerprint density at radius 3 is 2.67 bits per heavy atom. The monoisotopic (exact) mass is 440 g/mol. The van der Waals surface area contributed by atoms with Gasteiger partial charge in [-0.3, -0.25) is 0 Å². The minimum Gasteiger partial charge on any atom is -0.481 e. The fourth-order valence-corrected chi connectivity index (χ4v) is 4.12. The first-order chi connectivity index (χ1) is 16.2. The number of nitrogens with one attached hydrogen (secondary N) is 2. The lowest BCUT2D eigenvalue weighted by Crippen LogP contribution is -2.44. The van der Waals surface area contributed by atoms with E-state index in [1.54, 1.807) is 31.6 Å². The van der Waals surface area contributed by atoms with Gasteiger partial charge in [-0.15, -0.1) is 0 Å². The molecule has 0 atom stereocenters. The van der Waals surface area contributed by atoms with Crippen LogP contribution < -0.4 is 15.5 Å². The largest absolute Gasteiger partial charge is 0.481 e. The van der Waals surface area contributed by atoms with E-state index in [1.165, 1.54) is 0 Å². The summed E-state index contributed by atoms with van der Waals surface area (Å²) < 4.78 is 5.62. The van der Waals surface area contributed by atoms with Gasteiger partial charge in [0.1, 0.15) is 11.6 Å². The number of ether oxygens (including phenoxy) is 1. The molecule has 5 rings (SSSR count). The number of piperazine rings is 1. The molecule has 2 aromatic rings. The fraction of sp³-hybridized carbons (Fsp3) is 0.250. The summed E-state index contributed by atoms with van der Waals surface area (Å²) in [6.45, 7) is 3.71. The summed E-state index contributed by atoms with van der Waals surface area (Å²) in [5, 5.41) is 15.7. The average molecular weight is 441 g/mol. The summed E-state index contributed by atoms with van der Waals surface area (Å²) in [5.41, 5.74) is 4.83. The second-order valence-corrected chi connectivity index (χ2v) is 7.78. The van der Waals surface area contributed by atoms with Crippen molar-refractivity contribution in [1.82, 2.24) is 20.2 Å². The molecular weight excluding hydrogens is 416 g/mol. The van der Waals surface area contributed by atoms with Crippen LogP contribution in [0, 0.1) is 11.3 Å². The highest BCUT2D eigenvalue weighted by atomic mass is 16.5. The Morgan fingerprint density at radius 1 is 1.09 bits per heavy atom. The van der Waals surface area contributed by atoms with E-state index in [9.17, 15) is 0 Å². The third-order valence-corrected chi connectivity index (χ3v) is 5.71. The van der Waals surface area contributed by atoms with Crippen LogP contribution in [-0.2, 0) is 4.74 Å². The molecule has 0 unspecified atom stereocenters. The highest BCUT2D eigenvalue weighted by Gasteiger charge is 2.29. The average Bonchev–Trinajstić information content (AvgIpc) is 2.88. The molecule has 0 aliphatic carbocycles. The van der Waals surface area contributed by atoms with Gasteiger partial charge in [0.05, 0.1) is 35.7 Å². The Balaban J connectivity index is 1.49. The standard InChI is InChI=1S/C24H24N8O/c1-33-24-23-18(3-6-29-24)15-32(16-20(23)31-10-8-26-9-11-31)19-4-7-28-22(13-19)30-21-12-17(14-25)2-5-27-21/h2,4-7,12-13,15-16,26H,3,8-11H2,1H3,(H,27,28,30). The minimum atomic E-state index is 0.542. The molecule has 3 aliphatic heterocycles. The van der Waals surface area contributed by atoms with Gasteiger partial charge in [-0.05, 0) is 23.8 Å². The van der Waals surface area contributed by atoms with Crippen LogP contribution in [0.4, 0.5) is 17.3 Å². The van der Waals surface area contributed by atoms with E-state index in [1.807, 2.05) is 18.3 Å². The smallest absolute Gasteiger partial charge is 0.222 e. The van der Waals surface area contributed by atoms with Crippen LogP contribution in [0.1, 0.15) is 12.0 Å². The predicted octanol–water partition coefficient (Wildman–Crippen LogP) is 2.87. The number of hydrogen-bond acceptors (Lipinski definition) is 9. The van der Waals surface area contributed by atoms with Crippen molar-refractivity contribution < 1.29 is 4.74 Å². The number of fused-ring (bicyclic) bond motifs is 1. The molecule has 166 valence electrons. The van der Waals surface area contributed by atoms with Gasteiger partial charge in [-0.1, -0.05) is 0 Å². The van der Waals surface area contributed by atoms with Gasteiger partial charge in [-0.25, -0.2) is 15.0 Å². The van der Waals surface area contributed by atoms with Crippen molar-refractivity contribution in [3.63, 3.8) is 0 Å². The van der Waals surface area contributed by atoms with Crippen LogP contribution in [0.2, 0.25) is 0 Å². The molecule has 2 N–H and O–H groups in total. The van der Waals surface area contributed by atoms with Gasteiger partial charge in [0.25, 0.3) is 0 Å². The number of rotatable bonds is 5. The van der Waals surface area contributed by atoms with Crippen molar-refractivity contribution in [3.8, 4) is 6.07 Å². The summed E-state index contributed by atoms with van der Waals surface area (Å²) >= 11 is 0. The van der Waals surface area contributed by atoms with Crippen molar-refractivity contribution in [3.05, 3.63) is 77.3 Å². The number of nitriles is 1. The topological polar surface area (TPSA) is 102 Å². The molecule has 2 aromatic heterocycles. The van der Waals surface area contributed by atoms with Crippen LogP contribution in [0.3, 0.4) is 0 Å². The number of pyridine rings is 2. The van der Waals surface area contributed by atoms with E-state index in [0.717, 1.165) is 55.1 Å². The number of allylic oxidation sites excluding steroid dienone is 1. The summed E-state index contributed by atoms with van der Waals surface area (Å²) in [5.74, 6) is 1.87. The third-order valence-electron chi connectivity index (χ3n) is 5.71. The Labute approximate surface area is 192 Å². The molecule has 0 aromatic carbocycles. The zero-order chi connectivity index (χ0) is 22.6. The molecule has 0 saturated carbocycles. The zero-order valence-electron chi connectivity index (χ0n) is 18.3. The van der Waals surface area contributed by atoms with Crippen LogP contribution in [0.15, 0.2) is 76.8 Å². The summed E-state index contributed by atoms with van der Waals surface area (Å²) in [7, 11) is 1.67. The SMILES string of the molecule is COC1=C2C(=CN(c3ccnc(Nc4cc(C#N)ccn4)c3)C=C2N2CCNCC2)CC=N1. The third kappa shape index (κ3) is 4.29. The Kier molecular flexibility index (Phi) is 5.74. The highest BCUT2D eigenvalue weighted by molar-refractivity contribution is 5.74. The molecule has 0 amide bonds.